The van der Waals surface area contributed by atoms with Gasteiger partial charge in [0.15, 0.2) is 0 Å². The van der Waals surface area contributed by atoms with Gasteiger partial charge < -0.3 is 4.74 Å². The Morgan fingerprint density at radius 2 is 1.47 bits per heavy atom. The quantitative estimate of drug-likeness (QED) is 0.530. The lowest BCUT2D eigenvalue weighted by molar-refractivity contribution is -0.176. The van der Waals surface area contributed by atoms with Crippen LogP contribution >= 0.6 is 47.8 Å². The molecule has 0 heterocycles. The summed E-state index contributed by atoms with van der Waals surface area (Å²) in [5.74, 6) is 0. The molecule has 0 aliphatic rings. The van der Waals surface area contributed by atoms with Crippen molar-refractivity contribution < 1.29 is 17.9 Å². The van der Waals surface area contributed by atoms with Gasteiger partial charge in [0.05, 0.1) is 6.61 Å². The summed E-state index contributed by atoms with van der Waals surface area (Å²) < 4.78 is 42.2. The first-order valence-electron chi connectivity index (χ1n) is 5.35. The summed E-state index contributed by atoms with van der Waals surface area (Å²) in [6, 6.07) is 7.48. The van der Waals surface area contributed by atoms with E-state index in [1.807, 2.05) is 24.3 Å². The van der Waals surface area contributed by atoms with Gasteiger partial charge >= 0.3 is 6.18 Å². The van der Waals surface area contributed by atoms with E-state index in [0.29, 0.717) is 10.7 Å². The van der Waals surface area contributed by atoms with Gasteiger partial charge in [0.25, 0.3) is 0 Å². The summed E-state index contributed by atoms with van der Waals surface area (Å²) >= 11 is 10.1. The Kier molecular flexibility index (Phi) is 6.83. The summed E-state index contributed by atoms with van der Waals surface area (Å²) in [5, 5.41) is 1.01. The van der Waals surface area contributed by atoms with Crippen molar-refractivity contribution in [2.24, 2.45) is 0 Å². The first-order valence-corrected chi connectivity index (χ1v) is 8.39. The Balaban J connectivity index is 2.82. The number of halogens is 6. The molecule has 1 rings (SSSR count). The van der Waals surface area contributed by atoms with Crippen molar-refractivity contribution in [1.82, 2.24) is 0 Å². The van der Waals surface area contributed by atoms with E-state index in [0.717, 1.165) is 10.0 Å². The summed E-state index contributed by atoms with van der Waals surface area (Å²) in [7, 11) is 0. The number of alkyl halides is 5. The van der Waals surface area contributed by atoms with E-state index in [1.165, 1.54) is 0 Å². The average Bonchev–Trinajstić information content (AvgIpc) is 2.35. The highest BCUT2D eigenvalue weighted by molar-refractivity contribution is 9.10. The van der Waals surface area contributed by atoms with Crippen molar-refractivity contribution >= 4 is 47.8 Å². The maximum Gasteiger partial charge on any atom is 0.411 e. The molecule has 0 amide bonds. The van der Waals surface area contributed by atoms with Crippen molar-refractivity contribution in [3.8, 4) is 0 Å². The Hall–Kier alpha value is 0.410. The second-order valence-electron chi connectivity index (χ2n) is 4.16. The summed E-state index contributed by atoms with van der Waals surface area (Å²) in [5.41, 5.74) is 0.401. The van der Waals surface area contributed by atoms with Crippen molar-refractivity contribution in [2.75, 3.05) is 23.9 Å². The molecule has 19 heavy (non-hydrogen) atoms. The predicted molar refractivity (Wildman–Crippen MR) is 80.3 cm³/mol. The van der Waals surface area contributed by atoms with Gasteiger partial charge in [-0.05, 0) is 17.7 Å². The fourth-order valence-corrected chi connectivity index (χ4v) is 3.68. The third kappa shape index (κ3) is 5.36. The molecule has 0 aliphatic carbocycles. The molecule has 0 atom stereocenters. The highest BCUT2D eigenvalue weighted by Gasteiger charge is 2.34. The molecule has 0 bridgehead atoms. The predicted octanol–water partition coefficient (Wildman–Crippen LogP) is 5.06. The van der Waals surface area contributed by atoms with Gasteiger partial charge in [-0.15, -0.1) is 0 Å². The van der Waals surface area contributed by atoms with E-state index in [4.69, 9.17) is 4.74 Å². The van der Waals surface area contributed by atoms with Gasteiger partial charge in [-0.3, -0.25) is 0 Å². The van der Waals surface area contributed by atoms with Gasteiger partial charge in [-0.1, -0.05) is 59.9 Å². The van der Waals surface area contributed by atoms with E-state index in [-0.39, 0.29) is 6.61 Å². The van der Waals surface area contributed by atoms with Crippen LogP contribution in [-0.2, 0) is 10.2 Å². The molecule has 0 aromatic heterocycles. The normalized spacial score (nSPS) is 12.7. The highest BCUT2D eigenvalue weighted by Crippen LogP contribution is 2.31. The topological polar surface area (TPSA) is 9.23 Å². The van der Waals surface area contributed by atoms with Crippen LogP contribution in [0.2, 0.25) is 0 Å². The second-order valence-corrected chi connectivity index (χ2v) is 6.20. The molecule has 1 aromatic carbocycles. The van der Waals surface area contributed by atoms with Crippen LogP contribution in [0.25, 0.3) is 0 Å². The standard InChI is InChI=1S/C12H12Br3F3O/c13-5-11(6-14,7-19-8-12(16,17)18)9-1-3-10(15)4-2-9/h1-4H,5-8H2. The molecule has 0 N–H and O–H groups in total. The molecule has 0 fully saturated rings. The molecule has 0 spiro atoms. The Bertz CT molecular complexity index is 388. The molecular formula is C12H12Br3F3O. The van der Waals surface area contributed by atoms with Crippen molar-refractivity contribution in [1.29, 1.82) is 0 Å². The summed E-state index contributed by atoms with van der Waals surface area (Å²) in [4.78, 5) is 0. The Morgan fingerprint density at radius 1 is 0.947 bits per heavy atom. The first-order chi connectivity index (χ1) is 8.83. The van der Waals surface area contributed by atoms with E-state index in [1.54, 1.807) is 0 Å². The van der Waals surface area contributed by atoms with Gasteiger partial charge in [0.1, 0.15) is 6.61 Å². The SMILES string of the molecule is FC(F)(F)COCC(CBr)(CBr)c1ccc(Br)cc1. The molecule has 0 saturated carbocycles. The van der Waals surface area contributed by atoms with Crippen LogP contribution in [0.5, 0.6) is 0 Å². The largest absolute Gasteiger partial charge is 0.411 e. The molecule has 0 aliphatic heterocycles. The van der Waals surface area contributed by atoms with Crippen LogP contribution in [0.3, 0.4) is 0 Å². The third-order valence-electron chi connectivity index (χ3n) is 2.61. The zero-order valence-corrected chi connectivity index (χ0v) is 14.6. The molecule has 0 unspecified atom stereocenters. The lowest BCUT2D eigenvalue weighted by Gasteiger charge is -2.30. The third-order valence-corrected chi connectivity index (χ3v) is 5.29. The minimum absolute atomic E-state index is 0.00928. The number of hydrogen-bond acceptors (Lipinski definition) is 1. The Labute approximate surface area is 135 Å². The number of benzene rings is 1. The minimum atomic E-state index is -4.30. The van der Waals surface area contributed by atoms with Crippen LogP contribution in [0.4, 0.5) is 13.2 Å². The van der Waals surface area contributed by atoms with Gasteiger partial charge in [0, 0.05) is 20.5 Å². The molecule has 108 valence electrons. The lowest BCUT2D eigenvalue weighted by Crippen LogP contribution is -2.37. The van der Waals surface area contributed by atoms with Gasteiger partial charge in [-0.2, -0.15) is 13.2 Å². The van der Waals surface area contributed by atoms with Gasteiger partial charge in [0.2, 0.25) is 0 Å². The fourth-order valence-electron chi connectivity index (χ4n) is 1.52. The van der Waals surface area contributed by atoms with Crippen molar-refractivity contribution in [2.45, 2.75) is 11.6 Å². The lowest BCUT2D eigenvalue weighted by atomic mass is 9.85. The average molecular weight is 469 g/mol. The van der Waals surface area contributed by atoms with Crippen LogP contribution in [-0.4, -0.2) is 30.1 Å². The van der Waals surface area contributed by atoms with E-state index in [2.05, 4.69) is 47.8 Å². The zero-order chi connectivity index (χ0) is 14.5. The van der Waals surface area contributed by atoms with Crippen molar-refractivity contribution in [3.05, 3.63) is 34.3 Å². The Morgan fingerprint density at radius 3 is 1.89 bits per heavy atom. The molecule has 1 aromatic rings. The van der Waals surface area contributed by atoms with Crippen LogP contribution in [0, 0.1) is 0 Å². The minimum Gasteiger partial charge on any atom is -0.371 e. The zero-order valence-electron chi connectivity index (χ0n) is 9.81. The summed E-state index contributed by atoms with van der Waals surface area (Å²) in [6.07, 6.45) is -4.30. The maximum atomic E-state index is 12.1. The monoisotopic (exact) mass is 466 g/mol. The number of hydrogen-bond donors (Lipinski definition) is 0. The molecule has 7 heteroatoms. The molecule has 1 nitrogen and oxygen atoms in total. The van der Waals surface area contributed by atoms with E-state index >= 15 is 0 Å². The first kappa shape index (κ1) is 17.5. The van der Waals surface area contributed by atoms with E-state index < -0.39 is 18.2 Å². The maximum absolute atomic E-state index is 12.1. The fraction of sp³-hybridized carbons (Fsp3) is 0.500. The van der Waals surface area contributed by atoms with Crippen LogP contribution < -0.4 is 0 Å². The van der Waals surface area contributed by atoms with E-state index in [9.17, 15) is 13.2 Å². The van der Waals surface area contributed by atoms with Crippen molar-refractivity contribution in [3.63, 3.8) is 0 Å². The van der Waals surface area contributed by atoms with Crippen LogP contribution in [0.15, 0.2) is 28.7 Å². The molecule has 0 saturated heterocycles. The van der Waals surface area contributed by atoms with Gasteiger partial charge in [-0.25, -0.2) is 0 Å². The molecular weight excluding hydrogens is 457 g/mol. The van der Waals surface area contributed by atoms with Crippen LogP contribution in [0.1, 0.15) is 5.56 Å². The smallest absolute Gasteiger partial charge is 0.371 e. The number of rotatable bonds is 6. The number of ether oxygens (including phenoxy) is 1. The highest BCUT2D eigenvalue weighted by atomic mass is 79.9. The molecule has 0 radical (unpaired) electrons. The summed E-state index contributed by atoms with van der Waals surface area (Å²) in [6.45, 7) is -1.24. The second kappa shape index (κ2) is 7.43.